The van der Waals surface area contributed by atoms with Crippen LogP contribution in [0.25, 0.3) is 0 Å². The number of hydrogen-bond donors (Lipinski definition) is 5. The van der Waals surface area contributed by atoms with Crippen LogP contribution >= 0.6 is 82.0 Å². The summed E-state index contributed by atoms with van der Waals surface area (Å²) in [7, 11) is 2.72. The van der Waals surface area contributed by atoms with Crippen LogP contribution in [-0.4, -0.2) is 228 Å². The molecule has 0 aliphatic carbocycles. The number of piperazine rings is 2. The highest BCUT2D eigenvalue weighted by Gasteiger charge is 2.60. The summed E-state index contributed by atoms with van der Waals surface area (Å²) in [5.41, 5.74) is -0.995. The molecule has 562 valence electrons. The van der Waals surface area contributed by atoms with Gasteiger partial charge in [0.05, 0.1) is 27.3 Å². The Morgan fingerprint density at radius 2 is 1.15 bits per heavy atom. The number of esters is 4. The number of carboxylic acid groups (broad SMARTS) is 1. The number of nitrogens with one attached hydrogen (secondary N) is 4. The van der Waals surface area contributed by atoms with Crippen LogP contribution in [0.3, 0.4) is 0 Å². The Labute approximate surface area is 623 Å². The quantitative estimate of drug-likeness (QED) is 0.0963. The number of cyclic esters (lactones) is 2. The molecule has 10 saturated heterocycles. The minimum absolute atomic E-state index is 0. The predicted molar refractivity (Wildman–Crippen MR) is 372 cm³/mol. The Bertz CT molecular complexity index is 3190. The lowest BCUT2D eigenvalue weighted by atomic mass is 9.96. The number of fused-ring (bicyclic) bond motifs is 4. The van der Waals surface area contributed by atoms with Gasteiger partial charge in [0, 0.05) is 39.1 Å². The second-order valence-corrected chi connectivity index (χ2v) is 30.5. The van der Waals surface area contributed by atoms with Crippen molar-refractivity contribution in [2.24, 2.45) is 0 Å². The van der Waals surface area contributed by atoms with E-state index in [1.165, 1.54) is 24.7 Å². The maximum atomic E-state index is 12.3. The van der Waals surface area contributed by atoms with E-state index in [0.717, 1.165) is 122 Å². The van der Waals surface area contributed by atoms with Crippen LogP contribution in [0.2, 0.25) is 0 Å². The van der Waals surface area contributed by atoms with E-state index in [-0.39, 0.29) is 105 Å². The smallest absolute Gasteiger partial charge is 0.407 e. The molecular weight excluding hydrogens is 1470 g/mol. The number of hydrogen-bond acceptors (Lipinski definition) is 21. The molecule has 10 heterocycles. The fourth-order valence-corrected chi connectivity index (χ4v) is 14.2. The van der Waals surface area contributed by atoms with Crippen LogP contribution in [0, 0.1) is 0 Å². The third kappa shape index (κ3) is 23.1. The number of halogens is 7. The second-order valence-electron chi connectivity index (χ2n) is 25.8. The number of benzene rings is 2. The van der Waals surface area contributed by atoms with E-state index in [4.69, 9.17) is 103 Å². The van der Waals surface area contributed by atoms with Crippen molar-refractivity contribution in [3.8, 4) is 0 Å². The zero-order valence-corrected chi connectivity index (χ0v) is 62.7. The summed E-state index contributed by atoms with van der Waals surface area (Å²) < 4.78 is 21.4. The molecule has 0 spiro atoms. The molecule has 0 bridgehead atoms. The highest BCUT2D eigenvalue weighted by molar-refractivity contribution is 6.68. The van der Waals surface area contributed by atoms with Gasteiger partial charge in [-0.2, -0.15) is 9.59 Å². The monoisotopic (exact) mass is 1560 g/mol. The van der Waals surface area contributed by atoms with Crippen molar-refractivity contribution in [2.45, 2.75) is 191 Å². The molecule has 6 amide bonds. The fourth-order valence-electron chi connectivity index (χ4n) is 13.2. The van der Waals surface area contributed by atoms with Gasteiger partial charge in [0.2, 0.25) is 49.6 Å². The number of methoxy groups -OCH3 is 2. The highest BCUT2D eigenvalue weighted by atomic mass is 35.6. The number of carboxylic acids is 1. The number of nitrogens with zero attached hydrogens (tertiary/aromatic N) is 5. The summed E-state index contributed by atoms with van der Waals surface area (Å²) in [5.74, 6) is -2.10. The largest absolute Gasteiger partial charge is 0.481 e. The maximum Gasteiger partial charge on any atom is 0.407 e. The Hall–Kier alpha value is -6.30. The molecule has 28 nitrogen and oxygen atoms in total. The SMILES string of the molecule is COC(=O)[C@]1(C)CCCN1.COC(=O)[C@]1(C)CCCN1C(=O)CNC(=O)OCc1ccccc1.C[C@@]12CCCN1C(=O)CNC2=O.C[C@@]12CCCN1C(=O)CNC2=O.C[C@@]12CCCN1[C@@H](C(Cl)(Cl)Cl)OC2=O.Cl.O=C(O)CCCc1ccccc1.O=C1O[C@H](C(Cl)(Cl)Cl)N2CCC[C@@H]12.O=C=O. The summed E-state index contributed by atoms with van der Waals surface area (Å²) in [6, 6.07) is 19.0. The van der Waals surface area contributed by atoms with Crippen molar-refractivity contribution in [1.29, 1.82) is 0 Å². The summed E-state index contributed by atoms with van der Waals surface area (Å²) >= 11 is 34.3. The Morgan fingerprint density at radius 1 is 0.644 bits per heavy atom. The zero-order valence-electron chi connectivity index (χ0n) is 57.4. The minimum atomic E-state index is -1.57. The van der Waals surface area contributed by atoms with Gasteiger partial charge in [-0.3, -0.25) is 43.3 Å². The van der Waals surface area contributed by atoms with Gasteiger partial charge in [0.25, 0.3) is 0 Å². The summed E-state index contributed by atoms with van der Waals surface area (Å²) in [4.78, 5) is 150. The average molecular weight is 1560 g/mol. The number of rotatable bonds is 10. The molecule has 101 heavy (non-hydrogen) atoms. The first-order chi connectivity index (χ1) is 47.0. The highest BCUT2D eigenvalue weighted by Crippen LogP contribution is 2.47. The Morgan fingerprint density at radius 3 is 1.63 bits per heavy atom. The molecule has 10 aliphatic rings. The van der Waals surface area contributed by atoms with Crippen LogP contribution < -0.4 is 21.3 Å². The van der Waals surface area contributed by atoms with E-state index in [2.05, 4.69) is 26.0 Å². The van der Waals surface area contributed by atoms with Gasteiger partial charge in [0.1, 0.15) is 46.9 Å². The van der Waals surface area contributed by atoms with Crippen LogP contribution in [0.4, 0.5) is 4.79 Å². The van der Waals surface area contributed by atoms with Gasteiger partial charge in [-0.1, -0.05) is 130 Å². The van der Waals surface area contributed by atoms with Crippen LogP contribution in [-0.2, 0) is 94.2 Å². The number of amides is 6. The second kappa shape index (κ2) is 39.0. The standard InChI is InChI=1S/C17H22N2O5.C10H12O2.C8H10Cl3NO2.2C8H12N2O2.C7H8Cl3NO2.C7H13NO2.CO2.ClH/c1-17(15(21)23-2)9-6-10-19(17)14(20)11-18-16(22)24-12-13-7-4-3-5-8-13;11-10(12)8-4-7-9-5-2-1-3-6-9;1-7-3-2-4-12(7)5(8(9,10)11)14-6(7)13;2*1-8-3-2-4-10(8)6(11)5-9-7(8)12;8-7(9,10)6-11-3-1-2-4(11)5(12)13-6;1-7(6(9)10-2)4-3-5-8-7;2-1-3;/h3-5,7-8H,6,9-12H2,1-2H3,(H,18,22);1-3,5-6H,4,7-8H2,(H,11,12);5H,2-4H2,1H3;2*2-5H2,1H3,(H,9,12);4,6H,1-3H2;8H,3-5H2,1-2H3;;1H/t17-;;5-,7+;2*8-;4-,6+;7-;;/m0.10000../s1. The van der Waals surface area contributed by atoms with Gasteiger partial charge in [-0.05, 0) is 142 Å². The van der Waals surface area contributed by atoms with Crippen molar-refractivity contribution in [2.75, 3.05) is 73.1 Å². The number of aryl methyl sites for hydroxylation is 1. The first-order valence-electron chi connectivity index (χ1n) is 32.7. The Balaban J connectivity index is 0.000000252. The lowest BCUT2D eigenvalue weighted by Crippen LogP contribution is -2.62. The summed E-state index contributed by atoms with van der Waals surface area (Å²) in [6.45, 7) is 13.7. The van der Waals surface area contributed by atoms with Gasteiger partial charge >= 0.3 is 42.1 Å². The van der Waals surface area contributed by atoms with E-state index in [9.17, 15) is 52.7 Å². The van der Waals surface area contributed by atoms with E-state index in [1.807, 2.05) is 98.2 Å². The topological polar surface area (TPSA) is 353 Å². The van der Waals surface area contributed by atoms with E-state index in [1.54, 1.807) is 16.7 Å². The van der Waals surface area contributed by atoms with Crippen LogP contribution in [0.15, 0.2) is 60.7 Å². The number of aliphatic carboxylic acids is 1. The normalized spacial score (nSPS) is 27.2. The van der Waals surface area contributed by atoms with Gasteiger partial charge < -0.3 is 64.8 Å². The van der Waals surface area contributed by atoms with Crippen molar-refractivity contribution >= 4 is 154 Å². The van der Waals surface area contributed by atoms with Crippen LogP contribution in [0.5, 0.6) is 0 Å². The molecule has 35 heteroatoms. The lowest BCUT2D eigenvalue weighted by molar-refractivity contribution is -0.192. The molecule has 5 N–H and O–H groups in total. The molecule has 2 aromatic rings. The maximum absolute atomic E-state index is 12.3. The molecule has 12 rings (SSSR count). The number of alkyl carbamates (subject to hydrolysis) is 1. The van der Waals surface area contributed by atoms with Gasteiger partial charge in [-0.15, -0.1) is 12.4 Å². The van der Waals surface area contributed by atoms with Gasteiger partial charge in [-0.25, -0.2) is 19.3 Å². The van der Waals surface area contributed by atoms with E-state index >= 15 is 0 Å². The third-order valence-electron chi connectivity index (χ3n) is 18.8. The first kappa shape index (κ1) is 87.1. The van der Waals surface area contributed by atoms with Crippen molar-refractivity contribution in [3.05, 3.63) is 71.8 Å². The molecule has 2 aromatic carbocycles. The van der Waals surface area contributed by atoms with E-state index < -0.39 is 65.8 Å². The number of carbonyl (C=O) groups excluding carboxylic acids is 12. The molecule has 10 aliphatic heterocycles. The molecular formula is C66H90Cl7N9O19. The molecule has 8 atom stereocenters. The lowest BCUT2D eigenvalue weighted by Gasteiger charge is -2.37. The minimum Gasteiger partial charge on any atom is -0.481 e. The number of ether oxygens (including phenoxy) is 5. The van der Waals surface area contributed by atoms with Crippen molar-refractivity contribution < 1.29 is 91.1 Å². The van der Waals surface area contributed by atoms with Gasteiger partial charge in [0.15, 0.2) is 0 Å². The molecule has 10 fully saturated rings. The Kier molecular flexibility index (Phi) is 33.6. The van der Waals surface area contributed by atoms with Crippen LogP contribution in [0.1, 0.15) is 136 Å². The first-order valence-corrected chi connectivity index (χ1v) is 34.9. The predicted octanol–water partition coefficient (Wildman–Crippen LogP) is 6.49. The number of alkyl halides is 6. The van der Waals surface area contributed by atoms with Crippen molar-refractivity contribution in [1.82, 2.24) is 45.8 Å². The van der Waals surface area contributed by atoms with E-state index in [0.29, 0.717) is 13.0 Å². The zero-order chi connectivity index (χ0) is 74.4. The average Bonchev–Trinajstić information content (AvgIpc) is 1.57. The number of likely N-dealkylation sites (tertiary alicyclic amines) is 1. The fraction of sp³-hybridized carbons (Fsp3) is 0.636. The summed E-state index contributed by atoms with van der Waals surface area (Å²) in [6.07, 6.45) is 10.1. The third-order valence-corrected chi connectivity index (χ3v) is 19.9. The summed E-state index contributed by atoms with van der Waals surface area (Å²) in [5, 5.41) is 19.1. The molecule has 0 saturated carbocycles. The van der Waals surface area contributed by atoms with Crippen molar-refractivity contribution in [3.63, 3.8) is 0 Å². The number of carbonyl (C=O) groups is 11. The molecule has 0 aromatic heterocycles. The molecule has 0 radical (unpaired) electrons. The molecule has 0 unspecified atom stereocenters.